The molecule has 1 saturated carbocycles. The number of hydrogen-bond donors (Lipinski definition) is 1. The van der Waals surface area contributed by atoms with E-state index < -0.39 is 38.3 Å². The predicted octanol–water partition coefficient (Wildman–Crippen LogP) is 0.106. The van der Waals surface area contributed by atoms with Crippen LogP contribution < -0.4 is 0 Å². The monoisotopic (exact) mass is 320 g/mol. The summed E-state index contributed by atoms with van der Waals surface area (Å²) in [7, 11) is 0. The number of carboxylic acid groups (broad SMARTS) is 1. The first-order chi connectivity index (χ1) is 9.67. The molecule has 5 unspecified atom stereocenters. The van der Waals surface area contributed by atoms with E-state index >= 15 is 0 Å². The third-order valence-corrected chi connectivity index (χ3v) is 6.20. The summed E-state index contributed by atoms with van der Waals surface area (Å²) in [5, 5.41) is 31.1. The van der Waals surface area contributed by atoms with Crippen molar-refractivity contribution in [3.05, 3.63) is 20.2 Å². The summed E-state index contributed by atoms with van der Waals surface area (Å²) < 4.78 is 0.0996. The third kappa shape index (κ3) is 1.64. The van der Waals surface area contributed by atoms with Gasteiger partial charge in [0.25, 0.3) is 11.1 Å². The van der Waals surface area contributed by atoms with Gasteiger partial charge in [-0.15, -0.1) is 11.6 Å². The lowest BCUT2D eigenvalue weighted by Crippen LogP contribution is -2.65. The van der Waals surface area contributed by atoms with Crippen LogP contribution in [0, 0.1) is 20.2 Å². The average molecular weight is 321 g/mol. The van der Waals surface area contributed by atoms with Gasteiger partial charge >= 0.3 is 5.97 Å². The zero-order valence-electron chi connectivity index (χ0n) is 11.1. The van der Waals surface area contributed by atoms with E-state index in [9.17, 15) is 25.0 Å². The number of nitrogens with zero attached hydrogens (tertiary/aromatic N) is 3. The molecule has 4 aliphatic rings. The first-order valence-electron chi connectivity index (χ1n) is 6.68. The van der Waals surface area contributed by atoms with Crippen molar-refractivity contribution in [3.63, 3.8) is 0 Å². The fourth-order valence-electron chi connectivity index (χ4n) is 4.81. The Labute approximate surface area is 124 Å². The van der Waals surface area contributed by atoms with E-state index in [0.29, 0.717) is 0 Å². The lowest BCUT2D eigenvalue weighted by molar-refractivity contribution is -0.945. The van der Waals surface area contributed by atoms with Crippen LogP contribution in [-0.2, 0) is 4.79 Å². The molecule has 4 rings (SSSR count). The standard InChI is InChI=1S/C11H14ClN3O6/c12-9-7-3-10(13(18)19)4-11(9,14(20)21)6-15(7,5-10)2-1-8(16)17/h7,9H,1-6H2/p+1. The Balaban J connectivity index is 2.03. The molecule has 10 heteroatoms. The van der Waals surface area contributed by atoms with Crippen LogP contribution in [0.15, 0.2) is 0 Å². The lowest BCUT2D eigenvalue weighted by atomic mass is 9.72. The number of hydrogen-bond acceptors (Lipinski definition) is 5. The summed E-state index contributed by atoms with van der Waals surface area (Å²) in [6.07, 6.45) is -0.122. The van der Waals surface area contributed by atoms with Crippen molar-refractivity contribution in [2.45, 2.75) is 41.8 Å². The van der Waals surface area contributed by atoms with Crippen LogP contribution in [-0.4, -0.2) is 67.5 Å². The maximum absolute atomic E-state index is 11.5. The Morgan fingerprint density at radius 1 is 1.33 bits per heavy atom. The predicted molar refractivity (Wildman–Crippen MR) is 69.2 cm³/mol. The van der Waals surface area contributed by atoms with Crippen LogP contribution >= 0.6 is 11.6 Å². The number of quaternary nitrogens is 1. The number of piperidine rings is 1. The number of carboxylic acids is 1. The second kappa shape index (κ2) is 4.04. The number of nitro groups is 2. The van der Waals surface area contributed by atoms with E-state index in [2.05, 4.69) is 0 Å². The van der Waals surface area contributed by atoms with Crippen LogP contribution in [0.2, 0.25) is 0 Å². The van der Waals surface area contributed by atoms with Crippen molar-refractivity contribution in [2.24, 2.45) is 0 Å². The smallest absolute Gasteiger partial charge is 0.309 e. The van der Waals surface area contributed by atoms with Crippen LogP contribution in [0.3, 0.4) is 0 Å². The maximum Gasteiger partial charge on any atom is 0.309 e. The molecule has 0 radical (unpaired) electrons. The molecule has 4 fully saturated rings. The Kier molecular flexibility index (Phi) is 2.78. The van der Waals surface area contributed by atoms with E-state index in [1.807, 2.05) is 0 Å². The second-order valence-corrected chi connectivity index (χ2v) is 7.06. The second-order valence-electron chi connectivity index (χ2n) is 6.59. The summed E-state index contributed by atoms with van der Waals surface area (Å²) >= 11 is 6.30. The summed E-state index contributed by atoms with van der Waals surface area (Å²) in [4.78, 5) is 32.9. The highest BCUT2D eigenvalue weighted by atomic mass is 35.5. The van der Waals surface area contributed by atoms with Gasteiger partial charge in [0.15, 0.2) is 18.5 Å². The molecule has 3 aliphatic heterocycles. The zero-order valence-corrected chi connectivity index (χ0v) is 11.9. The molecule has 1 aliphatic carbocycles. The molecule has 9 nitrogen and oxygen atoms in total. The SMILES string of the molecule is O=C(O)CC[N+]12CC3([N+](=O)[O-])CC1C(Cl)C([N+](=O)[O-])(C3)C2. The number of halogens is 1. The molecular weight excluding hydrogens is 306 g/mol. The molecular formula is C11H15ClN3O6+. The summed E-state index contributed by atoms with van der Waals surface area (Å²) in [6.45, 7) is 0.410. The largest absolute Gasteiger partial charge is 0.481 e. The van der Waals surface area contributed by atoms with Gasteiger partial charge < -0.3 is 9.59 Å². The van der Waals surface area contributed by atoms with Gasteiger partial charge in [0, 0.05) is 9.85 Å². The van der Waals surface area contributed by atoms with Crippen molar-refractivity contribution in [3.8, 4) is 0 Å². The van der Waals surface area contributed by atoms with E-state index in [1.54, 1.807) is 0 Å². The Morgan fingerprint density at radius 2 is 2.00 bits per heavy atom. The van der Waals surface area contributed by atoms with Gasteiger partial charge in [0.1, 0.15) is 12.5 Å². The molecule has 1 N–H and O–H groups in total. The highest BCUT2D eigenvalue weighted by Crippen LogP contribution is 2.59. The summed E-state index contributed by atoms with van der Waals surface area (Å²) in [5.74, 6) is -1.01. The third-order valence-electron chi connectivity index (χ3n) is 5.50. The number of carbonyl (C=O) groups is 1. The minimum atomic E-state index is -1.51. The average Bonchev–Trinajstić information content (AvgIpc) is 2.73. The summed E-state index contributed by atoms with van der Waals surface area (Å²) in [5.41, 5.74) is -2.84. The molecule has 0 spiro atoms. The minimum Gasteiger partial charge on any atom is -0.481 e. The van der Waals surface area contributed by atoms with Crippen molar-refractivity contribution in [2.75, 3.05) is 19.6 Å². The van der Waals surface area contributed by atoms with E-state index in [0.717, 1.165) is 0 Å². The molecule has 3 heterocycles. The van der Waals surface area contributed by atoms with Gasteiger partial charge in [-0.1, -0.05) is 0 Å². The fraction of sp³-hybridized carbons (Fsp3) is 0.909. The first kappa shape index (κ1) is 14.5. The van der Waals surface area contributed by atoms with E-state index in [1.165, 1.54) is 0 Å². The van der Waals surface area contributed by atoms with E-state index in [-0.39, 0.29) is 43.4 Å². The topological polar surface area (TPSA) is 124 Å². The van der Waals surface area contributed by atoms with Crippen LogP contribution in [0.1, 0.15) is 19.3 Å². The quantitative estimate of drug-likeness (QED) is 0.332. The molecule has 0 aromatic heterocycles. The van der Waals surface area contributed by atoms with Crippen molar-refractivity contribution >= 4 is 17.6 Å². The molecule has 5 atom stereocenters. The zero-order chi connectivity index (χ0) is 15.6. The normalized spacial score (nSPS) is 46.7. The summed E-state index contributed by atoms with van der Waals surface area (Å²) in [6, 6.07) is -0.407. The number of alkyl halides is 1. The van der Waals surface area contributed by atoms with Gasteiger partial charge in [0.05, 0.1) is 19.4 Å². The molecule has 116 valence electrons. The van der Waals surface area contributed by atoms with Gasteiger partial charge in [-0.2, -0.15) is 0 Å². The maximum atomic E-state index is 11.5. The Hall–Kier alpha value is -1.48. The van der Waals surface area contributed by atoms with Crippen molar-refractivity contribution in [1.82, 2.24) is 0 Å². The molecule has 0 aromatic carbocycles. The Morgan fingerprint density at radius 3 is 2.52 bits per heavy atom. The minimum absolute atomic E-state index is 0.0989. The molecule has 4 bridgehead atoms. The van der Waals surface area contributed by atoms with Crippen LogP contribution in [0.5, 0.6) is 0 Å². The molecule has 3 saturated heterocycles. The lowest BCUT2D eigenvalue weighted by Gasteiger charge is -2.38. The molecule has 0 amide bonds. The van der Waals surface area contributed by atoms with Gasteiger partial charge in [0.2, 0.25) is 0 Å². The highest BCUT2D eigenvalue weighted by Gasteiger charge is 2.85. The van der Waals surface area contributed by atoms with Crippen LogP contribution in [0.25, 0.3) is 0 Å². The number of aliphatic carboxylic acids is 1. The Bertz CT molecular complexity index is 558. The fourth-order valence-corrected chi connectivity index (χ4v) is 5.36. The van der Waals surface area contributed by atoms with Crippen molar-refractivity contribution < 1.29 is 24.2 Å². The first-order valence-corrected chi connectivity index (χ1v) is 7.12. The van der Waals surface area contributed by atoms with Crippen LogP contribution in [0.4, 0.5) is 0 Å². The van der Waals surface area contributed by atoms with Gasteiger partial charge in [-0.3, -0.25) is 25.0 Å². The van der Waals surface area contributed by atoms with Gasteiger partial charge in [-0.05, 0) is 0 Å². The van der Waals surface area contributed by atoms with E-state index in [4.69, 9.17) is 16.7 Å². The molecule has 21 heavy (non-hydrogen) atoms. The number of rotatable bonds is 5. The highest BCUT2D eigenvalue weighted by molar-refractivity contribution is 6.22. The molecule has 0 aromatic rings. The van der Waals surface area contributed by atoms with Gasteiger partial charge in [-0.25, -0.2) is 0 Å². The van der Waals surface area contributed by atoms with Crippen molar-refractivity contribution in [1.29, 1.82) is 0 Å².